The molecule has 0 bridgehead atoms. The van der Waals surface area contributed by atoms with Gasteiger partial charge in [-0.15, -0.1) is 11.3 Å². The number of carboxylic acid groups (broad SMARTS) is 1. The minimum Gasteiger partial charge on any atom is -0.486 e. The molecular formula is C33H29N5O3S. The number of rotatable bonds is 8. The molecule has 0 aliphatic heterocycles. The maximum atomic E-state index is 12.3. The molecule has 0 amide bonds. The van der Waals surface area contributed by atoms with Gasteiger partial charge in [0.2, 0.25) is 0 Å². The maximum absolute atomic E-state index is 12.3. The van der Waals surface area contributed by atoms with Gasteiger partial charge in [0.25, 0.3) is 0 Å². The Morgan fingerprint density at radius 2 is 1.74 bits per heavy atom. The summed E-state index contributed by atoms with van der Waals surface area (Å²) in [5.41, 5.74) is 5.86. The molecule has 3 aromatic heterocycles. The SMILES string of the molecule is O=C(O)[C@@H]1CCCC[C@@H]1c1nc2cc(OCc3nc4ccccc4s3)ccc2n1Cc1ccc(-c2cncnc2)cc1. The molecule has 8 nitrogen and oxygen atoms in total. The zero-order chi connectivity index (χ0) is 28.5. The third kappa shape index (κ3) is 5.23. The molecule has 3 heterocycles. The van der Waals surface area contributed by atoms with Crippen molar-refractivity contribution < 1.29 is 14.6 Å². The number of ether oxygens (including phenoxy) is 1. The first kappa shape index (κ1) is 26.3. The lowest BCUT2D eigenvalue weighted by Gasteiger charge is -2.28. The van der Waals surface area contributed by atoms with Crippen LogP contribution >= 0.6 is 11.3 Å². The van der Waals surface area contributed by atoms with Crippen LogP contribution in [0.3, 0.4) is 0 Å². The van der Waals surface area contributed by atoms with Gasteiger partial charge in [-0.2, -0.15) is 0 Å². The number of benzene rings is 3. The fourth-order valence-corrected chi connectivity index (χ4v) is 6.84. The molecule has 2 atom stereocenters. The van der Waals surface area contributed by atoms with Crippen LogP contribution in [0.25, 0.3) is 32.4 Å². The molecule has 7 rings (SSSR count). The van der Waals surface area contributed by atoms with E-state index in [1.807, 2.05) is 36.4 Å². The molecule has 1 aliphatic carbocycles. The number of aromatic nitrogens is 5. The summed E-state index contributed by atoms with van der Waals surface area (Å²) in [6.45, 7) is 0.965. The van der Waals surface area contributed by atoms with Gasteiger partial charge in [0.1, 0.15) is 29.5 Å². The normalized spacial score (nSPS) is 17.0. The molecule has 42 heavy (non-hydrogen) atoms. The van der Waals surface area contributed by atoms with E-state index in [4.69, 9.17) is 9.72 Å². The second-order valence-corrected chi connectivity index (χ2v) is 11.8. The number of imidazole rings is 1. The van der Waals surface area contributed by atoms with Crippen LogP contribution in [0.4, 0.5) is 0 Å². The van der Waals surface area contributed by atoms with Crippen molar-refractivity contribution in [1.29, 1.82) is 0 Å². The van der Waals surface area contributed by atoms with E-state index >= 15 is 0 Å². The minimum atomic E-state index is -0.743. The van der Waals surface area contributed by atoms with Crippen LogP contribution in [-0.4, -0.2) is 35.6 Å². The van der Waals surface area contributed by atoms with E-state index in [0.717, 1.165) is 68.0 Å². The Kier molecular flexibility index (Phi) is 7.09. The van der Waals surface area contributed by atoms with E-state index in [0.29, 0.717) is 25.3 Å². The van der Waals surface area contributed by atoms with Gasteiger partial charge in [0, 0.05) is 36.5 Å². The number of nitrogens with zero attached hydrogens (tertiary/aromatic N) is 5. The first-order valence-corrected chi connectivity index (χ1v) is 15.0. The van der Waals surface area contributed by atoms with Crippen LogP contribution in [0.1, 0.15) is 48.0 Å². The van der Waals surface area contributed by atoms with Crippen molar-refractivity contribution in [2.75, 3.05) is 0 Å². The summed E-state index contributed by atoms with van der Waals surface area (Å²) in [4.78, 5) is 30.3. The highest BCUT2D eigenvalue weighted by atomic mass is 32.1. The highest BCUT2D eigenvalue weighted by Gasteiger charge is 2.35. The maximum Gasteiger partial charge on any atom is 0.307 e. The minimum absolute atomic E-state index is 0.142. The highest BCUT2D eigenvalue weighted by Crippen LogP contribution is 2.39. The fourth-order valence-electron chi connectivity index (χ4n) is 5.96. The second kappa shape index (κ2) is 11.3. The molecule has 1 fully saturated rings. The summed E-state index contributed by atoms with van der Waals surface area (Å²) in [6.07, 6.45) is 8.55. The van der Waals surface area contributed by atoms with Gasteiger partial charge in [-0.25, -0.2) is 19.9 Å². The van der Waals surface area contributed by atoms with E-state index < -0.39 is 11.9 Å². The van der Waals surface area contributed by atoms with Gasteiger partial charge >= 0.3 is 5.97 Å². The second-order valence-electron chi connectivity index (χ2n) is 10.7. The predicted molar refractivity (Wildman–Crippen MR) is 163 cm³/mol. The van der Waals surface area contributed by atoms with Crippen LogP contribution in [0.5, 0.6) is 5.75 Å². The monoisotopic (exact) mass is 575 g/mol. The quantitative estimate of drug-likeness (QED) is 0.207. The number of fused-ring (bicyclic) bond motifs is 2. The van der Waals surface area contributed by atoms with Gasteiger partial charge < -0.3 is 14.4 Å². The smallest absolute Gasteiger partial charge is 0.307 e. The molecule has 0 radical (unpaired) electrons. The number of aliphatic carboxylic acids is 1. The lowest BCUT2D eigenvalue weighted by molar-refractivity contribution is -0.143. The van der Waals surface area contributed by atoms with Gasteiger partial charge in [-0.3, -0.25) is 4.79 Å². The Labute approximate surface area is 246 Å². The molecule has 1 aliphatic rings. The van der Waals surface area contributed by atoms with Gasteiger partial charge in [0.05, 0.1) is 27.2 Å². The molecule has 3 aromatic carbocycles. The van der Waals surface area contributed by atoms with E-state index in [-0.39, 0.29) is 5.92 Å². The van der Waals surface area contributed by atoms with E-state index in [9.17, 15) is 9.90 Å². The van der Waals surface area contributed by atoms with Crippen molar-refractivity contribution in [3.63, 3.8) is 0 Å². The number of hydrogen-bond acceptors (Lipinski definition) is 7. The van der Waals surface area contributed by atoms with Crippen LogP contribution in [0.2, 0.25) is 0 Å². The van der Waals surface area contributed by atoms with Gasteiger partial charge in [-0.1, -0.05) is 49.2 Å². The first-order chi connectivity index (χ1) is 20.6. The average Bonchev–Trinajstić information content (AvgIpc) is 3.61. The Bertz CT molecular complexity index is 1830. The first-order valence-electron chi connectivity index (χ1n) is 14.2. The predicted octanol–water partition coefficient (Wildman–Crippen LogP) is 7.09. The molecule has 210 valence electrons. The lowest BCUT2D eigenvalue weighted by Crippen LogP contribution is -2.27. The van der Waals surface area contributed by atoms with Crippen LogP contribution in [0, 0.1) is 5.92 Å². The number of carbonyl (C=O) groups is 1. The molecule has 0 unspecified atom stereocenters. The van der Waals surface area contributed by atoms with Gasteiger partial charge in [-0.05, 0) is 48.2 Å². The fraction of sp³-hybridized carbons (Fsp3) is 0.242. The van der Waals surface area contributed by atoms with Crippen molar-refractivity contribution >= 4 is 38.6 Å². The summed E-state index contributed by atoms with van der Waals surface area (Å²) >= 11 is 1.63. The summed E-state index contributed by atoms with van der Waals surface area (Å²) in [5.74, 6) is 0.223. The third-order valence-corrected chi connectivity index (χ3v) is 9.06. The highest BCUT2D eigenvalue weighted by molar-refractivity contribution is 7.18. The number of thiazole rings is 1. The van der Waals surface area contributed by atoms with Crippen molar-refractivity contribution in [3.05, 3.63) is 102 Å². The zero-order valence-electron chi connectivity index (χ0n) is 22.9. The number of para-hydroxylation sites is 1. The molecule has 0 spiro atoms. The summed E-state index contributed by atoms with van der Waals surface area (Å²) in [5, 5.41) is 11.0. The van der Waals surface area contributed by atoms with Crippen molar-refractivity contribution in [3.8, 4) is 16.9 Å². The number of carboxylic acids is 1. The molecule has 9 heteroatoms. The largest absolute Gasteiger partial charge is 0.486 e. The Balaban J connectivity index is 1.21. The van der Waals surface area contributed by atoms with Crippen molar-refractivity contribution in [2.24, 2.45) is 5.92 Å². The summed E-state index contributed by atoms with van der Waals surface area (Å²) in [6, 6.07) is 22.4. The lowest BCUT2D eigenvalue weighted by atomic mass is 9.78. The Hall–Kier alpha value is -4.63. The average molecular weight is 576 g/mol. The summed E-state index contributed by atoms with van der Waals surface area (Å²) in [7, 11) is 0. The van der Waals surface area contributed by atoms with E-state index in [2.05, 4.69) is 49.9 Å². The zero-order valence-corrected chi connectivity index (χ0v) is 23.7. The molecule has 6 aromatic rings. The molecule has 0 saturated heterocycles. The van der Waals surface area contributed by atoms with E-state index in [1.54, 1.807) is 23.7 Å². The van der Waals surface area contributed by atoms with Crippen LogP contribution < -0.4 is 4.74 Å². The topological polar surface area (TPSA) is 103 Å². The van der Waals surface area contributed by atoms with Crippen molar-refractivity contribution in [2.45, 2.75) is 44.8 Å². The molecule has 1 saturated carbocycles. The van der Waals surface area contributed by atoms with Crippen LogP contribution in [0.15, 0.2) is 85.5 Å². The third-order valence-electron chi connectivity index (χ3n) is 8.05. The number of hydrogen-bond donors (Lipinski definition) is 1. The molecular weight excluding hydrogens is 546 g/mol. The Morgan fingerprint density at radius 1 is 0.929 bits per heavy atom. The van der Waals surface area contributed by atoms with Gasteiger partial charge in [0.15, 0.2) is 0 Å². The van der Waals surface area contributed by atoms with Crippen molar-refractivity contribution in [1.82, 2.24) is 24.5 Å². The van der Waals surface area contributed by atoms with Crippen LogP contribution in [-0.2, 0) is 17.9 Å². The summed E-state index contributed by atoms with van der Waals surface area (Å²) < 4.78 is 9.48. The standard InChI is InChI=1S/C33H29N5O3S/c39-33(40)26-6-2-1-5-25(26)32-37-28-15-24(41-19-31-36-27-7-3-4-8-30(27)42-31)13-14-29(28)38(32)18-21-9-11-22(12-10-21)23-16-34-20-35-17-23/h3-4,7-17,20,25-26H,1-2,5-6,18-19H2,(H,39,40)/t25-,26+/m0/s1. The Morgan fingerprint density at radius 3 is 2.55 bits per heavy atom. The molecule has 1 N–H and O–H groups in total. The van der Waals surface area contributed by atoms with E-state index in [1.165, 1.54) is 6.33 Å².